The van der Waals surface area contributed by atoms with Gasteiger partial charge >= 0.3 is 5.97 Å². The van der Waals surface area contributed by atoms with E-state index >= 15 is 0 Å². The van der Waals surface area contributed by atoms with Crippen molar-refractivity contribution in [3.63, 3.8) is 0 Å². The molecule has 3 N–H and O–H groups in total. The summed E-state index contributed by atoms with van der Waals surface area (Å²) < 4.78 is 40.0. The first kappa shape index (κ1) is 27.8. The van der Waals surface area contributed by atoms with Crippen LogP contribution in [0.4, 0.5) is 21.5 Å². The second-order valence-electron chi connectivity index (χ2n) is 9.47. The van der Waals surface area contributed by atoms with Crippen molar-refractivity contribution >= 4 is 50.2 Å². The third-order valence-electron chi connectivity index (χ3n) is 6.15. The van der Waals surface area contributed by atoms with Gasteiger partial charge < -0.3 is 20.6 Å². The topological polar surface area (TPSA) is 119 Å². The van der Waals surface area contributed by atoms with Gasteiger partial charge in [-0.25, -0.2) is 12.8 Å². The van der Waals surface area contributed by atoms with E-state index in [1.165, 1.54) is 22.5 Å². The fourth-order valence-corrected chi connectivity index (χ4v) is 5.19. The molecular formula is C28H29FN4O5S. The van der Waals surface area contributed by atoms with Gasteiger partial charge in [0.05, 0.1) is 35.3 Å². The summed E-state index contributed by atoms with van der Waals surface area (Å²) in [6, 6.07) is 17.6. The van der Waals surface area contributed by atoms with Crippen LogP contribution in [0.3, 0.4) is 0 Å². The number of amides is 1. The first-order chi connectivity index (χ1) is 18.4. The van der Waals surface area contributed by atoms with Crippen LogP contribution in [-0.4, -0.2) is 63.7 Å². The van der Waals surface area contributed by atoms with Crippen LogP contribution in [0.15, 0.2) is 66.7 Å². The van der Waals surface area contributed by atoms with Crippen LogP contribution < -0.4 is 14.9 Å². The Morgan fingerprint density at radius 1 is 1.00 bits per heavy atom. The molecule has 0 aromatic heterocycles. The maximum atomic E-state index is 13.8. The number of anilines is 3. The van der Waals surface area contributed by atoms with Crippen LogP contribution in [0, 0.1) is 5.82 Å². The lowest BCUT2D eigenvalue weighted by Crippen LogP contribution is -2.35. The number of halogens is 1. The Morgan fingerprint density at radius 2 is 1.67 bits per heavy atom. The fraction of sp³-hybridized carbons (Fsp3) is 0.214. The molecule has 0 spiro atoms. The van der Waals surface area contributed by atoms with Crippen molar-refractivity contribution in [3.05, 3.63) is 89.2 Å². The van der Waals surface area contributed by atoms with E-state index in [9.17, 15) is 22.4 Å². The summed E-state index contributed by atoms with van der Waals surface area (Å²) in [6.07, 6.45) is 1.01. The van der Waals surface area contributed by atoms with Gasteiger partial charge in [-0.3, -0.25) is 13.9 Å². The predicted molar refractivity (Wildman–Crippen MR) is 150 cm³/mol. The van der Waals surface area contributed by atoms with Crippen molar-refractivity contribution in [3.8, 4) is 0 Å². The Hall–Kier alpha value is -4.22. The molecule has 0 fully saturated rings. The van der Waals surface area contributed by atoms with Gasteiger partial charge in [0, 0.05) is 24.3 Å². The van der Waals surface area contributed by atoms with E-state index in [4.69, 9.17) is 5.11 Å². The Labute approximate surface area is 226 Å². The highest BCUT2D eigenvalue weighted by atomic mass is 32.2. The molecule has 9 nitrogen and oxygen atoms in total. The molecule has 1 aliphatic heterocycles. The van der Waals surface area contributed by atoms with E-state index in [-0.39, 0.29) is 13.0 Å². The molecular weight excluding hydrogens is 523 g/mol. The van der Waals surface area contributed by atoms with Crippen LogP contribution in [0.1, 0.15) is 16.7 Å². The van der Waals surface area contributed by atoms with E-state index in [2.05, 4.69) is 10.6 Å². The summed E-state index contributed by atoms with van der Waals surface area (Å²) in [5.41, 5.74) is 3.87. The van der Waals surface area contributed by atoms with Gasteiger partial charge in [-0.15, -0.1) is 0 Å². The standard InChI is InChI=1S/C28H29FN4O5S/c1-32(2)14-15-33(39(3,37)38)22-11-9-21(10-12-22)30-27(19-6-4-18(5-7-19)16-25(34)35)26-23-13-8-20(29)17-24(23)31-28(26)36/h4-13,17,30H,14-16H2,1-3H3,(H,31,36)(H,34,35)/b27-26-. The minimum Gasteiger partial charge on any atom is -0.481 e. The number of aliphatic carboxylic acids is 1. The van der Waals surface area contributed by atoms with Crippen molar-refractivity contribution in [1.82, 2.24) is 4.90 Å². The molecule has 1 aliphatic rings. The summed E-state index contributed by atoms with van der Waals surface area (Å²) in [4.78, 5) is 26.1. The molecule has 0 saturated heterocycles. The molecule has 11 heteroatoms. The van der Waals surface area contributed by atoms with Gasteiger partial charge in [-0.05, 0) is 67.7 Å². The number of nitrogens with zero attached hydrogens (tertiary/aromatic N) is 2. The van der Waals surface area contributed by atoms with Gasteiger partial charge in [0.15, 0.2) is 0 Å². The molecule has 4 rings (SSSR count). The second-order valence-corrected chi connectivity index (χ2v) is 11.4. The van der Waals surface area contributed by atoms with Crippen molar-refractivity contribution in [2.45, 2.75) is 6.42 Å². The highest BCUT2D eigenvalue weighted by Gasteiger charge is 2.29. The lowest BCUT2D eigenvalue weighted by Gasteiger charge is -2.24. The largest absolute Gasteiger partial charge is 0.481 e. The van der Waals surface area contributed by atoms with Gasteiger partial charge in [-0.1, -0.05) is 24.3 Å². The molecule has 0 radical (unpaired) electrons. The summed E-state index contributed by atoms with van der Waals surface area (Å²) in [7, 11) is 0.216. The minimum atomic E-state index is -3.51. The van der Waals surface area contributed by atoms with Gasteiger partial charge in [-0.2, -0.15) is 0 Å². The predicted octanol–water partition coefficient (Wildman–Crippen LogP) is 3.71. The number of nitrogens with one attached hydrogen (secondary N) is 2. The Kier molecular flexibility index (Phi) is 8.03. The number of sulfonamides is 1. The number of hydrogen-bond acceptors (Lipinski definition) is 6. The lowest BCUT2D eigenvalue weighted by molar-refractivity contribution is -0.136. The van der Waals surface area contributed by atoms with Gasteiger partial charge in [0.2, 0.25) is 10.0 Å². The quantitative estimate of drug-likeness (QED) is 0.328. The number of carbonyl (C=O) groups excluding carboxylic acids is 1. The fourth-order valence-electron chi connectivity index (χ4n) is 4.27. The molecule has 0 bridgehead atoms. The molecule has 1 amide bonds. The summed E-state index contributed by atoms with van der Waals surface area (Å²) in [5, 5.41) is 15.1. The molecule has 3 aromatic rings. The van der Waals surface area contributed by atoms with Crippen LogP contribution in [-0.2, 0) is 26.0 Å². The number of carboxylic acid groups (broad SMARTS) is 1. The molecule has 204 valence electrons. The number of carboxylic acids is 1. The number of carbonyl (C=O) groups is 2. The maximum absolute atomic E-state index is 13.8. The molecule has 0 aliphatic carbocycles. The first-order valence-electron chi connectivity index (χ1n) is 12.1. The lowest BCUT2D eigenvalue weighted by atomic mass is 9.98. The third-order valence-corrected chi connectivity index (χ3v) is 7.34. The molecule has 3 aromatic carbocycles. The first-order valence-corrected chi connectivity index (χ1v) is 13.9. The number of fused-ring (bicyclic) bond motifs is 1. The zero-order valence-corrected chi connectivity index (χ0v) is 22.5. The van der Waals surface area contributed by atoms with E-state index in [1.807, 2.05) is 19.0 Å². The summed E-state index contributed by atoms with van der Waals surface area (Å²) in [5.74, 6) is -1.86. The van der Waals surface area contributed by atoms with E-state index in [1.54, 1.807) is 48.5 Å². The van der Waals surface area contributed by atoms with Crippen molar-refractivity contribution in [2.75, 3.05) is 48.4 Å². The average molecular weight is 553 g/mol. The molecule has 39 heavy (non-hydrogen) atoms. The highest BCUT2D eigenvalue weighted by Crippen LogP contribution is 2.38. The average Bonchev–Trinajstić information content (AvgIpc) is 3.17. The monoisotopic (exact) mass is 552 g/mol. The van der Waals surface area contributed by atoms with Crippen LogP contribution in [0.5, 0.6) is 0 Å². The third kappa shape index (κ3) is 6.62. The number of hydrogen-bond donors (Lipinski definition) is 3. The highest BCUT2D eigenvalue weighted by molar-refractivity contribution is 7.92. The Morgan fingerprint density at radius 3 is 2.26 bits per heavy atom. The van der Waals surface area contributed by atoms with Crippen molar-refractivity contribution in [2.24, 2.45) is 0 Å². The van der Waals surface area contributed by atoms with Gasteiger partial charge in [0.1, 0.15) is 5.82 Å². The normalized spacial score (nSPS) is 14.1. The smallest absolute Gasteiger partial charge is 0.307 e. The molecule has 0 unspecified atom stereocenters. The van der Waals surface area contributed by atoms with E-state index in [0.717, 1.165) is 6.26 Å². The van der Waals surface area contributed by atoms with Crippen molar-refractivity contribution < 1.29 is 27.5 Å². The van der Waals surface area contributed by atoms with Gasteiger partial charge in [0.25, 0.3) is 5.91 Å². The van der Waals surface area contributed by atoms with Crippen LogP contribution in [0.25, 0.3) is 11.3 Å². The zero-order valence-electron chi connectivity index (χ0n) is 21.7. The zero-order chi connectivity index (χ0) is 28.3. The van der Waals surface area contributed by atoms with Crippen LogP contribution in [0.2, 0.25) is 0 Å². The van der Waals surface area contributed by atoms with Crippen LogP contribution >= 0.6 is 0 Å². The van der Waals surface area contributed by atoms with E-state index < -0.39 is 27.7 Å². The number of likely N-dealkylation sites (N-methyl/N-ethyl adjacent to an activating group) is 1. The molecule has 0 saturated carbocycles. The number of benzene rings is 3. The maximum Gasteiger partial charge on any atom is 0.307 e. The SMILES string of the molecule is CN(C)CCN(c1ccc(N/C(=C2\C(=O)Nc3cc(F)ccc32)c2ccc(CC(=O)O)cc2)cc1)S(C)(=O)=O. The Balaban J connectivity index is 1.74. The number of rotatable bonds is 10. The second kappa shape index (κ2) is 11.3. The van der Waals surface area contributed by atoms with Crippen molar-refractivity contribution in [1.29, 1.82) is 0 Å². The molecule has 0 atom stereocenters. The summed E-state index contributed by atoms with van der Waals surface area (Å²) >= 11 is 0. The minimum absolute atomic E-state index is 0.145. The molecule has 1 heterocycles. The van der Waals surface area contributed by atoms with E-state index in [0.29, 0.717) is 51.6 Å². The summed E-state index contributed by atoms with van der Waals surface area (Å²) in [6.45, 7) is 0.820. The Bertz CT molecular complexity index is 1540.